The SMILES string of the molecule is OCCN(CC(F)(F)OC(F)(F)OC(F)(F)C(F)(F)OC(F)(F)F)c1nc(N(CCO)CC(F)(F)OC(F)(F)OC(F)(F)C(F)(F)OC(F)(F)F)nc(N(CCO)CC(F)(F)OC(F)(F)OC(F)(F)C(F)(F)OC(F)(F)F)n1. The summed E-state index contributed by atoms with van der Waals surface area (Å²) >= 11 is 0. The molecule has 0 aromatic carbocycles. The summed E-state index contributed by atoms with van der Waals surface area (Å²) in [5.74, 6) is -6.69. The van der Waals surface area contributed by atoms with Crippen LogP contribution in [0.5, 0.6) is 0 Å². The summed E-state index contributed by atoms with van der Waals surface area (Å²) in [4.78, 5) is 6.24. The highest BCUT2D eigenvalue weighted by atomic mass is 19.4. The summed E-state index contributed by atoms with van der Waals surface area (Å²) in [6, 6.07) is 0. The summed E-state index contributed by atoms with van der Waals surface area (Å²) in [5.41, 5.74) is 0. The standard InChI is InChI=1S/C27H21F33N6O12/c28-13(29,70-25(55,56)76-19(40,41)16(34,35)73-22(46,47)48)7-64(1-4-67)10-61-11(65(2-5-68)8-14(30,31)71-26(57,58)77-20(42,43)17(36,37)74-23(49,50)51)63-12(62-10)66(3-6-69)9-15(32,33)72-27(59,60)78-21(44,45)18(38,39)75-24(52,53)54/h67-69H,1-9H2. The van der Waals surface area contributed by atoms with Gasteiger partial charge in [-0.3, -0.25) is 0 Å². The second-order valence-corrected chi connectivity index (χ2v) is 13.3. The van der Waals surface area contributed by atoms with Gasteiger partial charge in [0.1, 0.15) is 19.6 Å². The van der Waals surface area contributed by atoms with Gasteiger partial charge in [-0.2, -0.15) is 94.0 Å². The zero-order valence-electron chi connectivity index (χ0n) is 35.5. The maximum atomic E-state index is 15.0. The first-order chi connectivity index (χ1) is 34.2. The molecular formula is C27H21F33N6O12. The zero-order chi connectivity index (χ0) is 61.8. The minimum absolute atomic E-state index is 0.803. The summed E-state index contributed by atoms with van der Waals surface area (Å²) in [6.45, 7) is -20.6. The lowest BCUT2D eigenvalue weighted by atomic mass is 10.4. The summed E-state index contributed by atoms with van der Waals surface area (Å²) in [5, 5.41) is 28.2. The Morgan fingerprint density at radius 2 is 0.436 bits per heavy atom. The number of hydrogen-bond donors (Lipinski definition) is 3. The van der Waals surface area contributed by atoms with Gasteiger partial charge in [-0.15, -0.1) is 65.9 Å². The average molecular weight is 1250 g/mol. The number of aliphatic hydroxyl groups excluding tert-OH is 3. The fourth-order valence-electron chi connectivity index (χ4n) is 4.47. The van der Waals surface area contributed by atoms with Gasteiger partial charge in [0.05, 0.1) is 19.8 Å². The zero-order valence-corrected chi connectivity index (χ0v) is 35.5. The second kappa shape index (κ2) is 24.0. The molecule has 1 aromatic rings. The Morgan fingerprint density at radius 1 is 0.269 bits per heavy atom. The smallest absolute Gasteiger partial charge is 0.395 e. The second-order valence-electron chi connectivity index (χ2n) is 13.3. The van der Waals surface area contributed by atoms with E-state index in [1.807, 2.05) is 14.2 Å². The molecule has 3 N–H and O–H groups in total. The van der Waals surface area contributed by atoms with E-state index in [9.17, 15) is 160 Å². The van der Waals surface area contributed by atoms with Gasteiger partial charge in [0.25, 0.3) is 0 Å². The molecule has 18 nitrogen and oxygen atoms in total. The summed E-state index contributed by atoms with van der Waals surface area (Å²) < 4.78 is 463. The quantitative estimate of drug-likeness (QED) is 0.0453. The Hall–Kier alpha value is -4.38. The Balaban J connectivity index is 4.12. The predicted octanol–water partition coefficient (Wildman–Crippen LogP) is 7.96. The number of aliphatic hydroxyl groups is 3. The number of rotatable bonds is 33. The van der Waals surface area contributed by atoms with Crippen molar-refractivity contribution in [2.24, 2.45) is 0 Å². The third kappa shape index (κ3) is 23.0. The number of alkyl halides is 33. The van der Waals surface area contributed by atoms with Crippen molar-refractivity contribution in [3.8, 4) is 0 Å². The lowest BCUT2D eigenvalue weighted by molar-refractivity contribution is -0.571. The molecule has 0 spiro atoms. The van der Waals surface area contributed by atoms with E-state index in [-0.39, 0.29) is 0 Å². The van der Waals surface area contributed by atoms with E-state index in [0.29, 0.717) is 0 Å². The van der Waals surface area contributed by atoms with E-state index >= 15 is 0 Å². The Bertz CT molecular complexity index is 1830. The van der Waals surface area contributed by atoms with Crippen LogP contribution in [0.25, 0.3) is 0 Å². The van der Waals surface area contributed by atoms with Crippen molar-refractivity contribution in [2.45, 2.75) is 92.9 Å². The van der Waals surface area contributed by atoms with Crippen molar-refractivity contribution < 1.29 is 203 Å². The van der Waals surface area contributed by atoms with Crippen molar-refractivity contribution in [3.63, 3.8) is 0 Å². The van der Waals surface area contributed by atoms with Gasteiger partial charge in [0, 0.05) is 19.6 Å². The molecule has 0 unspecified atom stereocenters. The molecule has 1 heterocycles. The van der Waals surface area contributed by atoms with Crippen LogP contribution in [0.15, 0.2) is 0 Å². The minimum Gasteiger partial charge on any atom is -0.395 e. The van der Waals surface area contributed by atoms with Crippen LogP contribution in [0.2, 0.25) is 0 Å². The largest absolute Gasteiger partial charge is 0.527 e. The number of anilines is 3. The average Bonchev–Trinajstić information content (AvgIpc) is 3.11. The molecule has 0 saturated heterocycles. The van der Waals surface area contributed by atoms with Crippen LogP contribution < -0.4 is 14.7 Å². The first kappa shape index (κ1) is 71.6. The van der Waals surface area contributed by atoms with E-state index in [1.54, 1.807) is 14.2 Å². The Morgan fingerprint density at radius 3 is 0.590 bits per heavy atom. The maximum absolute atomic E-state index is 15.0. The minimum atomic E-state index is -7.37. The molecule has 0 saturated carbocycles. The maximum Gasteiger partial charge on any atom is 0.527 e. The first-order valence-corrected chi connectivity index (χ1v) is 18.1. The third-order valence-electron chi connectivity index (χ3n) is 6.98. The van der Waals surface area contributed by atoms with Gasteiger partial charge < -0.3 is 30.0 Å². The molecule has 0 atom stereocenters. The molecule has 0 amide bonds. The summed E-state index contributed by atoms with van der Waals surface area (Å²) in [7, 11) is 0. The van der Waals surface area contributed by atoms with E-state index in [4.69, 9.17) is 0 Å². The topological polar surface area (TPSA) is 192 Å². The van der Waals surface area contributed by atoms with E-state index in [2.05, 4.69) is 29.2 Å². The summed E-state index contributed by atoms with van der Waals surface area (Å²) in [6.07, 6.45) is -104. The lowest BCUT2D eigenvalue weighted by Crippen LogP contribution is -2.54. The van der Waals surface area contributed by atoms with Crippen LogP contribution in [-0.4, -0.2) is 182 Å². The van der Waals surface area contributed by atoms with Crippen molar-refractivity contribution in [3.05, 3.63) is 0 Å². The highest BCUT2D eigenvalue weighted by molar-refractivity contribution is 5.47. The number of aromatic nitrogens is 3. The van der Waals surface area contributed by atoms with Gasteiger partial charge in [0.15, 0.2) is 0 Å². The highest BCUT2D eigenvalue weighted by Gasteiger charge is 2.72. The lowest BCUT2D eigenvalue weighted by Gasteiger charge is -2.34. The molecule has 0 aliphatic rings. The van der Waals surface area contributed by atoms with Crippen LogP contribution in [0, 0.1) is 0 Å². The van der Waals surface area contributed by atoms with Crippen LogP contribution in [0.4, 0.5) is 163 Å². The number of nitrogens with zero attached hydrogens (tertiary/aromatic N) is 6. The fraction of sp³-hybridized carbons (Fsp3) is 0.889. The number of halogens is 33. The molecular weight excluding hydrogens is 1230 g/mol. The van der Waals surface area contributed by atoms with E-state index < -0.39 is 185 Å². The predicted molar refractivity (Wildman–Crippen MR) is 165 cm³/mol. The third-order valence-corrected chi connectivity index (χ3v) is 6.98. The van der Waals surface area contributed by atoms with Gasteiger partial charge in [-0.25, -0.2) is 42.6 Å². The van der Waals surface area contributed by atoms with Crippen molar-refractivity contribution in [1.82, 2.24) is 15.0 Å². The molecule has 0 aliphatic heterocycles. The molecule has 1 rings (SSSR count). The molecule has 0 fully saturated rings. The first-order valence-electron chi connectivity index (χ1n) is 18.1. The van der Waals surface area contributed by atoms with Crippen LogP contribution >= 0.6 is 0 Å². The van der Waals surface area contributed by atoms with Crippen LogP contribution in [0.1, 0.15) is 0 Å². The van der Waals surface area contributed by atoms with Gasteiger partial charge in [-0.1, -0.05) is 0 Å². The number of hydrogen-bond acceptors (Lipinski definition) is 18. The van der Waals surface area contributed by atoms with E-state index in [1.165, 1.54) is 0 Å². The molecule has 1 aromatic heterocycles. The van der Waals surface area contributed by atoms with Crippen molar-refractivity contribution in [1.29, 1.82) is 0 Å². The number of ether oxygens (including phenoxy) is 9. The van der Waals surface area contributed by atoms with Gasteiger partial charge >= 0.3 is 92.9 Å². The molecule has 0 aliphatic carbocycles. The molecule has 0 radical (unpaired) electrons. The van der Waals surface area contributed by atoms with E-state index in [0.717, 1.165) is 0 Å². The molecule has 78 heavy (non-hydrogen) atoms. The van der Waals surface area contributed by atoms with Gasteiger partial charge in [-0.05, 0) is 0 Å². The van der Waals surface area contributed by atoms with Crippen LogP contribution in [0.3, 0.4) is 0 Å². The van der Waals surface area contributed by atoms with Crippen LogP contribution in [-0.2, 0) is 42.6 Å². The highest BCUT2D eigenvalue weighted by Crippen LogP contribution is 2.48. The Kier molecular flexibility index (Phi) is 22.0. The van der Waals surface area contributed by atoms with Crippen molar-refractivity contribution in [2.75, 3.05) is 73.8 Å². The fourth-order valence-corrected chi connectivity index (χ4v) is 4.47. The monoisotopic (exact) mass is 1250 g/mol. The molecule has 51 heteroatoms. The Labute approximate surface area is 403 Å². The normalized spacial score (nSPS) is 15.1. The molecule has 0 bridgehead atoms. The molecule has 462 valence electrons. The van der Waals surface area contributed by atoms with Gasteiger partial charge in [0.2, 0.25) is 17.8 Å². The van der Waals surface area contributed by atoms with Crippen molar-refractivity contribution >= 4 is 17.8 Å².